The van der Waals surface area contributed by atoms with Gasteiger partial charge in [-0.2, -0.15) is 0 Å². The number of para-hydroxylation sites is 1. The van der Waals surface area contributed by atoms with Gasteiger partial charge in [0.2, 0.25) is 12.2 Å². The van der Waals surface area contributed by atoms with Gasteiger partial charge in [-0.3, -0.25) is 9.59 Å². The Bertz CT molecular complexity index is 325. The highest BCUT2D eigenvalue weighted by Gasteiger charge is 2.13. The summed E-state index contributed by atoms with van der Waals surface area (Å²) in [5.74, 6) is -0.146. The van der Waals surface area contributed by atoms with E-state index in [9.17, 15) is 9.59 Å². The predicted octanol–water partition coefficient (Wildman–Crippen LogP) is 0.349. The molecule has 0 saturated heterocycles. The number of carbonyl (C=O) groups excluding carboxylic acids is 2. The van der Waals surface area contributed by atoms with Crippen LogP contribution in [0.5, 0.6) is 0 Å². The topological polar surface area (TPSA) is 49.4 Å². The lowest BCUT2D eigenvalue weighted by Crippen LogP contribution is -2.38. The molecule has 0 saturated carbocycles. The van der Waals surface area contributed by atoms with E-state index in [2.05, 4.69) is 5.32 Å². The van der Waals surface area contributed by atoms with E-state index in [1.54, 1.807) is 25.5 Å². The fourth-order valence-electron chi connectivity index (χ4n) is 1.24. The molecule has 1 rings (SSSR count). The second-order valence-electron chi connectivity index (χ2n) is 2.99. The molecule has 0 fully saturated rings. The molecule has 4 nitrogen and oxygen atoms in total. The van der Waals surface area contributed by atoms with Crippen LogP contribution in [0.25, 0.3) is 0 Å². The lowest BCUT2D eigenvalue weighted by molar-refractivity contribution is -0.117. The average molecular weight is 205 g/mol. The van der Waals surface area contributed by atoms with Gasteiger partial charge in [0.05, 0.1) is 13.1 Å². The molecule has 1 aromatic rings. The zero-order chi connectivity index (χ0) is 11.1. The van der Waals surface area contributed by atoms with Crippen molar-refractivity contribution in [2.75, 3.05) is 25.0 Å². The average Bonchev–Trinajstić information content (AvgIpc) is 2.27. The van der Waals surface area contributed by atoms with Gasteiger partial charge >= 0.3 is 0 Å². The number of likely N-dealkylation sites (N-methyl/N-ethyl adjacent to an activating group) is 1. The molecule has 0 unspecified atom stereocenters. The fraction of sp³-hybridized carbons (Fsp3) is 0.273. The highest BCUT2D eigenvalue weighted by molar-refractivity contribution is 5.97. The van der Waals surface area contributed by atoms with Crippen LogP contribution in [0, 0.1) is 0 Å². The van der Waals surface area contributed by atoms with Gasteiger partial charge in [-0.25, -0.2) is 0 Å². The van der Waals surface area contributed by atoms with Gasteiger partial charge in [0.15, 0.2) is 0 Å². The largest absolute Gasteiger partial charge is 0.311 e. The van der Waals surface area contributed by atoms with Crippen LogP contribution >= 0.6 is 0 Å². The third kappa shape index (κ3) is 3.18. The summed E-state index contributed by atoms with van der Waals surface area (Å²) in [5.41, 5.74) is 0.709. The molecule has 1 N–H and O–H groups in total. The SMILES string of the molecule is CNCC(=O)N(C[C]=O)c1ccccc1. The number of anilines is 1. The van der Waals surface area contributed by atoms with Crippen molar-refractivity contribution >= 4 is 17.9 Å². The molecule has 0 spiro atoms. The van der Waals surface area contributed by atoms with Crippen molar-refractivity contribution in [3.8, 4) is 0 Å². The number of nitrogens with zero attached hydrogens (tertiary/aromatic N) is 1. The molecular formula is C11H13N2O2. The maximum Gasteiger partial charge on any atom is 0.241 e. The van der Waals surface area contributed by atoms with Crippen LogP contribution in [0.15, 0.2) is 30.3 Å². The molecule has 0 atom stereocenters. The molecular weight excluding hydrogens is 192 g/mol. The van der Waals surface area contributed by atoms with E-state index in [1.807, 2.05) is 18.2 Å². The number of nitrogens with one attached hydrogen (secondary N) is 1. The van der Waals surface area contributed by atoms with E-state index in [-0.39, 0.29) is 19.0 Å². The Kier molecular flexibility index (Phi) is 4.50. The first kappa shape index (κ1) is 11.4. The van der Waals surface area contributed by atoms with Crippen LogP contribution in [0.4, 0.5) is 5.69 Å². The zero-order valence-corrected chi connectivity index (χ0v) is 8.56. The summed E-state index contributed by atoms with van der Waals surface area (Å²) in [5, 5.41) is 2.76. The van der Waals surface area contributed by atoms with Crippen molar-refractivity contribution in [2.24, 2.45) is 0 Å². The highest BCUT2D eigenvalue weighted by Crippen LogP contribution is 2.12. The zero-order valence-electron chi connectivity index (χ0n) is 8.56. The van der Waals surface area contributed by atoms with Gasteiger partial charge < -0.3 is 10.2 Å². The third-order valence-electron chi connectivity index (χ3n) is 1.92. The Morgan fingerprint density at radius 1 is 1.40 bits per heavy atom. The maximum atomic E-state index is 11.6. The van der Waals surface area contributed by atoms with E-state index < -0.39 is 0 Å². The Hall–Kier alpha value is -1.68. The van der Waals surface area contributed by atoms with E-state index >= 15 is 0 Å². The molecule has 15 heavy (non-hydrogen) atoms. The first-order valence-corrected chi connectivity index (χ1v) is 4.64. The molecule has 0 heterocycles. The summed E-state index contributed by atoms with van der Waals surface area (Å²) in [4.78, 5) is 23.4. The third-order valence-corrected chi connectivity index (χ3v) is 1.92. The number of amides is 1. The molecule has 0 aromatic heterocycles. The molecule has 1 amide bonds. The Morgan fingerprint density at radius 2 is 2.07 bits per heavy atom. The van der Waals surface area contributed by atoms with Crippen molar-refractivity contribution in [1.82, 2.24) is 5.32 Å². The summed E-state index contributed by atoms with van der Waals surface area (Å²) < 4.78 is 0. The van der Waals surface area contributed by atoms with Crippen LogP contribution in [-0.4, -0.2) is 32.3 Å². The molecule has 0 aliphatic carbocycles. The van der Waals surface area contributed by atoms with E-state index in [0.29, 0.717) is 5.69 Å². The van der Waals surface area contributed by atoms with Gasteiger partial charge in [-0.05, 0) is 19.2 Å². The number of benzene rings is 1. The predicted molar refractivity (Wildman–Crippen MR) is 58.4 cm³/mol. The summed E-state index contributed by atoms with van der Waals surface area (Å²) in [6.45, 7) is 0.168. The second-order valence-corrected chi connectivity index (χ2v) is 2.99. The minimum absolute atomic E-state index is 0.0372. The maximum absolute atomic E-state index is 11.6. The summed E-state index contributed by atoms with van der Waals surface area (Å²) in [6.07, 6.45) is 1.73. The number of rotatable bonds is 5. The Morgan fingerprint density at radius 3 is 2.60 bits per heavy atom. The quantitative estimate of drug-likeness (QED) is 0.754. The number of hydrogen-bond donors (Lipinski definition) is 1. The van der Waals surface area contributed by atoms with Crippen molar-refractivity contribution in [2.45, 2.75) is 0 Å². The van der Waals surface area contributed by atoms with E-state index in [1.165, 1.54) is 4.90 Å². The minimum atomic E-state index is -0.146. The van der Waals surface area contributed by atoms with Crippen molar-refractivity contribution in [1.29, 1.82) is 0 Å². The summed E-state index contributed by atoms with van der Waals surface area (Å²) in [6, 6.07) is 9.06. The van der Waals surface area contributed by atoms with Gasteiger partial charge in [0, 0.05) is 5.69 Å². The Balaban J connectivity index is 2.82. The molecule has 0 bridgehead atoms. The second kappa shape index (κ2) is 5.93. The fourth-order valence-corrected chi connectivity index (χ4v) is 1.24. The molecule has 0 aliphatic rings. The smallest absolute Gasteiger partial charge is 0.241 e. The summed E-state index contributed by atoms with van der Waals surface area (Å²) in [7, 11) is 1.69. The van der Waals surface area contributed by atoms with Gasteiger partial charge in [-0.1, -0.05) is 18.2 Å². The van der Waals surface area contributed by atoms with Crippen LogP contribution in [-0.2, 0) is 9.59 Å². The lowest BCUT2D eigenvalue weighted by Gasteiger charge is -2.19. The van der Waals surface area contributed by atoms with Crippen LogP contribution < -0.4 is 10.2 Å². The standard InChI is InChI=1S/C11H13N2O2/c1-12-9-11(15)13(7-8-14)10-5-3-2-4-6-10/h2-6,12H,7,9H2,1H3. The molecule has 79 valence electrons. The Labute approximate surface area is 88.9 Å². The first-order valence-electron chi connectivity index (χ1n) is 4.64. The highest BCUT2D eigenvalue weighted by atomic mass is 16.2. The van der Waals surface area contributed by atoms with Crippen LogP contribution in [0.2, 0.25) is 0 Å². The number of carbonyl (C=O) groups is 1. The van der Waals surface area contributed by atoms with E-state index in [4.69, 9.17) is 0 Å². The normalized spacial score (nSPS) is 9.67. The van der Waals surface area contributed by atoms with Gasteiger partial charge in [0.1, 0.15) is 0 Å². The van der Waals surface area contributed by atoms with Crippen molar-refractivity contribution < 1.29 is 9.59 Å². The number of hydrogen-bond acceptors (Lipinski definition) is 3. The van der Waals surface area contributed by atoms with Crippen molar-refractivity contribution in [3.63, 3.8) is 0 Å². The summed E-state index contributed by atoms with van der Waals surface area (Å²) >= 11 is 0. The van der Waals surface area contributed by atoms with Gasteiger partial charge in [-0.15, -0.1) is 0 Å². The van der Waals surface area contributed by atoms with E-state index in [0.717, 1.165) is 0 Å². The first-order chi connectivity index (χ1) is 7.29. The molecule has 0 aliphatic heterocycles. The minimum Gasteiger partial charge on any atom is -0.311 e. The monoisotopic (exact) mass is 205 g/mol. The molecule has 1 aromatic carbocycles. The molecule has 4 heteroatoms. The molecule has 1 radical (unpaired) electrons. The van der Waals surface area contributed by atoms with Crippen LogP contribution in [0.3, 0.4) is 0 Å². The van der Waals surface area contributed by atoms with Crippen LogP contribution in [0.1, 0.15) is 0 Å². The van der Waals surface area contributed by atoms with Crippen molar-refractivity contribution in [3.05, 3.63) is 30.3 Å². The van der Waals surface area contributed by atoms with Gasteiger partial charge in [0.25, 0.3) is 0 Å². The lowest BCUT2D eigenvalue weighted by atomic mass is 10.3.